The van der Waals surface area contributed by atoms with Crippen LogP contribution in [0.2, 0.25) is 5.02 Å². The number of amides is 2. The number of hydrogen-bond donors (Lipinski definition) is 3. The first-order chi connectivity index (χ1) is 14.1. The SMILES string of the molecule is CC(=O)N(C(=N)/C=C(\C=N)NC(=O)Cc1cccc(F)c1Cl)c1cc(F)cc(F)c1. The Morgan fingerprint density at radius 1 is 1.17 bits per heavy atom. The van der Waals surface area contributed by atoms with E-state index in [1.165, 1.54) is 12.1 Å². The summed E-state index contributed by atoms with van der Waals surface area (Å²) in [5, 5.41) is 17.6. The van der Waals surface area contributed by atoms with Gasteiger partial charge in [0.15, 0.2) is 0 Å². The number of allylic oxidation sites excluding steroid dienone is 1. The van der Waals surface area contributed by atoms with Crippen molar-refractivity contribution in [2.24, 2.45) is 0 Å². The molecule has 2 aromatic carbocycles. The van der Waals surface area contributed by atoms with E-state index in [1.807, 2.05) is 0 Å². The molecule has 0 spiro atoms. The highest BCUT2D eigenvalue weighted by atomic mass is 35.5. The zero-order valence-corrected chi connectivity index (χ0v) is 16.4. The second kappa shape index (κ2) is 9.84. The fourth-order valence-corrected chi connectivity index (χ4v) is 2.74. The van der Waals surface area contributed by atoms with Crippen LogP contribution in [0.15, 0.2) is 48.2 Å². The van der Waals surface area contributed by atoms with Crippen LogP contribution in [-0.2, 0) is 16.0 Å². The predicted molar refractivity (Wildman–Crippen MR) is 107 cm³/mol. The van der Waals surface area contributed by atoms with Crippen LogP contribution in [0, 0.1) is 28.3 Å². The van der Waals surface area contributed by atoms with Crippen molar-refractivity contribution in [2.45, 2.75) is 13.3 Å². The molecule has 0 aliphatic rings. The second-order valence-electron chi connectivity index (χ2n) is 6.05. The summed E-state index contributed by atoms with van der Waals surface area (Å²) in [4.78, 5) is 24.8. The zero-order chi connectivity index (χ0) is 22.4. The van der Waals surface area contributed by atoms with Crippen LogP contribution in [0.4, 0.5) is 18.9 Å². The highest BCUT2D eigenvalue weighted by Crippen LogP contribution is 2.21. The van der Waals surface area contributed by atoms with Crippen LogP contribution in [-0.4, -0.2) is 23.9 Å². The van der Waals surface area contributed by atoms with E-state index in [1.54, 1.807) is 0 Å². The van der Waals surface area contributed by atoms with Crippen molar-refractivity contribution in [1.82, 2.24) is 5.32 Å². The smallest absolute Gasteiger partial charge is 0.229 e. The number of carbonyl (C=O) groups is 2. The molecule has 30 heavy (non-hydrogen) atoms. The Bertz CT molecular complexity index is 1040. The quantitative estimate of drug-likeness (QED) is 0.471. The normalized spacial score (nSPS) is 11.0. The molecule has 0 aromatic heterocycles. The Kier molecular flexibility index (Phi) is 7.48. The summed E-state index contributed by atoms with van der Waals surface area (Å²) >= 11 is 5.81. The van der Waals surface area contributed by atoms with Crippen molar-refractivity contribution >= 4 is 41.2 Å². The first kappa shape index (κ1) is 22.8. The molecule has 10 heteroatoms. The maximum atomic E-state index is 13.5. The van der Waals surface area contributed by atoms with Crippen LogP contribution in [0.3, 0.4) is 0 Å². The molecule has 2 aromatic rings. The third-order valence-electron chi connectivity index (χ3n) is 3.78. The van der Waals surface area contributed by atoms with Crippen LogP contribution in [0.5, 0.6) is 0 Å². The van der Waals surface area contributed by atoms with Crippen LogP contribution in [0.1, 0.15) is 12.5 Å². The molecule has 0 aliphatic carbocycles. The number of halogens is 4. The lowest BCUT2D eigenvalue weighted by atomic mass is 10.1. The van der Waals surface area contributed by atoms with Gasteiger partial charge in [-0.25, -0.2) is 13.2 Å². The molecule has 0 aliphatic heterocycles. The molecule has 3 N–H and O–H groups in total. The van der Waals surface area contributed by atoms with Gasteiger partial charge in [-0.2, -0.15) is 0 Å². The Labute approximate surface area is 175 Å². The van der Waals surface area contributed by atoms with Gasteiger partial charge in [0, 0.05) is 25.3 Å². The van der Waals surface area contributed by atoms with Gasteiger partial charge in [0.25, 0.3) is 0 Å². The topological polar surface area (TPSA) is 97.1 Å². The summed E-state index contributed by atoms with van der Waals surface area (Å²) in [6.45, 7) is 1.08. The minimum Gasteiger partial charge on any atom is -0.324 e. The van der Waals surface area contributed by atoms with Gasteiger partial charge in [-0.15, -0.1) is 0 Å². The van der Waals surface area contributed by atoms with E-state index in [0.29, 0.717) is 17.2 Å². The van der Waals surface area contributed by atoms with Crippen molar-refractivity contribution in [1.29, 1.82) is 10.8 Å². The molecule has 0 saturated heterocycles. The third kappa shape index (κ3) is 5.77. The number of nitrogens with zero attached hydrogens (tertiary/aromatic N) is 1. The fourth-order valence-electron chi connectivity index (χ4n) is 2.55. The number of hydrogen-bond acceptors (Lipinski definition) is 4. The molecule has 156 valence electrons. The monoisotopic (exact) mass is 436 g/mol. The number of rotatable bonds is 6. The second-order valence-corrected chi connectivity index (χ2v) is 6.43. The van der Waals surface area contributed by atoms with Gasteiger partial charge in [-0.1, -0.05) is 23.7 Å². The van der Waals surface area contributed by atoms with Crippen molar-refractivity contribution < 1.29 is 22.8 Å². The van der Waals surface area contributed by atoms with E-state index < -0.39 is 35.1 Å². The molecule has 0 bridgehead atoms. The number of benzene rings is 2. The molecule has 0 radical (unpaired) electrons. The van der Waals surface area contributed by atoms with Gasteiger partial charge in [0.05, 0.1) is 22.8 Å². The van der Waals surface area contributed by atoms with E-state index >= 15 is 0 Å². The lowest BCUT2D eigenvalue weighted by molar-refractivity contribution is -0.119. The van der Waals surface area contributed by atoms with Gasteiger partial charge in [-0.05, 0) is 23.8 Å². The summed E-state index contributed by atoms with van der Waals surface area (Å²) in [5.41, 5.74) is -0.196. The molecule has 0 heterocycles. The summed E-state index contributed by atoms with van der Waals surface area (Å²) in [5.74, 6) is -4.50. The van der Waals surface area contributed by atoms with Crippen LogP contribution in [0.25, 0.3) is 0 Å². The molecular formula is C20H16ClF3N4O2. The van der Waals surface area contributed by atoms with E-state index in [4.69, 9.17) is 22.4 Å². The molecule has 0 unspecified atom stereocenters. The first-order valence-electron chi connectivity index (χ1n) is 8.42. The van der Waals surface area contributed by atoms with E-state index in [-0.39, 0.29) is 28.4 Å². The largest absolute Gasteiger partial charge is 0.324 e. The lowest BCUT2D eigenvalue weighted by Crippen LogP contribution is -2.35. The summed E-state index contributed by atoms with van der Waals surface area (Å²) in [7, 11) is 0. The van der Waals surface area contributed by atoms with E-state index in [9.17, 15) is 22.8 Å². The van der Waals surface area contributed by atoms with Gasteiger partial charge in [0.1, 0.15) is 23.3 Å². The highest BCUT2D eigenvalue weighted by Gasteiger charge is 2.18. The molecule has 0 atom stereocenters. The minimum atomic E-state index is -0.944. The molecule has 0 fully saturated rings. The molecular weight excluding hydrogens is 421 g/mol. The average Bonchev–Trinajstić information content (AvgIpc) is 2.64. The van der Waals surface area contributed by atoms with Crippen molar-refractivity contribution in [3.63, 3.8) is 0 Å². The summed E-state index contributed by atoms with van der Waals surface area (Å²) in [6.07, 6.45) is 1.37. The molecule has 0 saturated carbocycles. The summed E-state index contributed by atoms with van der Waals surface area (Å²) < 4.78 is 40.5. The summed E-state index contributed by atoms with van der Waals surface area (Å²) in [6, 6.07) is 6.32. The number of amidine groups is 1. The Balaban J connectivity index is 2.23. The first-order valence-corrected chi connectivity index (χ1v) is 8.80. The minimum absolute atomic E-state index is 0.180. The van der Waals surface area contributed by atoms with Gasteiger partial charge in [0.2, 0.25) is 11.8 Å². The average molecular weight is 437 g/mol. The Hall–Kier alpha value is -3.46. The third-order valence-corrected chi connectivity index (χ3v) is 4.20. The van der Waals surface area contributed by atoms with Crippen molar-refractivity contribution in [2.75, 3.05) is 4.90 Å². The zero-order valence-electron chi connectivity index (χ0n) is 15.6. The Morgan fingerprint density at radius 2 is 1.80 bits per heavy atom. The molecule has 2 amide bonds. The standard InChI is InChI=1S/C20H16ClF3N4O2/c1-11(29)28(16-7-13(22)6-14(23)8-16)18(26)9-15(10-25)27-19(30)5-12-3-2-4-17(24)20(12)21/h2-4,6-10,25-26H,5H2,1H3,(H,27,30)/b15-9+,25-10?,26-18?. The number of nitrogens with one attached hydrogen (secondary N) is 3. The molecule has 6 nitrogen and oxygen atoms in total. The van der Waals surface area contributed by atoms with Crippen molar-refractivity contribution in [3.05, 3.63) is 76.2 Å². The van der Waals surface area contributed by atoms with Crippen LogP contribution < -0.4 is 10.2 Å². The van der Waals surface area contributed by atoms with Crippen LogP contribution >= 0.6 is 11.6 Å². The predicted octanol–water partition coefficient (Wildman–Crippen LogP) is 3.98. The van der Waals surface area contributed by atoms with E-state index in [0.717, 1.165) is 31.2 Å². The van der Waals surface area contributed by atoms with Crippen molar-refractivity contribution in [3.8, 4) is 0 Å². The number of carbonyl (C=O) groups excluding carboxylic acids is 2. The maximum Gasteiger partial charge on any atom is 0.229 e. The van der Waals surface area contributed by atoms with Gasteiger partial charge in [-0.3, -0.25) is 19.9 Å². The van der Waals surface area contributed by atoms with E-state index in [2.05, 4.69) is 5.32 Å². The maximum absolute atomic E-state index is 13.5. The van der Waals surface area contributed by atoms with Gasteiger partial charge < -0.3 is 10.7 Å². The van der Waals surface area contributed by atoms with Gasteiger partial charge >= 0.3 is 0 Å². The highest BCUT2D eigenvalue weighted by molar-refractivity contribution is 6.31. The lowest BCUT2D eigenvalue weighted by Gasteiger charge is -2.20. The number of anilines is 1. The Morgan fingerprint density at radius 3 is 2.37 bits per heavy atom. The fraction of sp³-hybridized carbons (Fsp3) is 0.100. The molecule has 2 rings (SSSR count).